The van der Waals surface area contributed by atoms with Gasteiger partial charge in [0.2, 0.25) is 10.0 Å². The Labute approximate surface area is 130 Å². The lowest BCUT2D eigenvalue weighted by Gasteiger charge is -2.23. The zero-order valence-corrected chi connectivity index (χ0v) is 14.2. The normalized spacial score (nSPS) is 19.6. The van der Waals surface area contributed by atoms with E-state index in [4.69, 9.17) is 0 Å². The molecule has 0 radical (unpaired) electrons. The van der Waals surface area contributed by atoms with Gasteiger partial charge in [-0.1, -0.05) is 17.7 Å². The first kappa shape index (κ1) is 16.2. The Balaban J connectivity index is 2.14. The molecule has 1 aliphatic heterocycles. The maximum Gasteiger partial charge on any atom is 0.243 e. The van der Waals surface area contributed by atoms with Crippen molar-refractivity contribution in [2.24, 2.45) is 0 Å². The van der Waals surface area contributed by atoms with E-state index in [0.29, 0.717) is 18.0 Å². The summed E-state index contributed by atoms with van der Waals surface area (Å²) in [7, 11) is -3.34. The molecule has 0 N–H and O–H groups in total. The molecule has 0 aromatic heterocycles. The number of rotatable bonds is 2. The molecule has 1 aromatic carbocycles. The Morgan fingerprint density at radius 3 is 2.05 bits per heavy atom. The fourth-order valence-corrected chi connectivity index (χ4v) is 5.67. The minimum Gasteiger partial charge on any atom is -0.207 e. The van der Waals surface area contributed by atoms with Crippen LogP contribution in [0.1, 0.15) is 12.0 Å². The van der Waals surface area contributed by atoms with Crippen molar-refractivity contribution < 1.29 is 8.42 Å². The van der Waals surface area contributed by atoms with Gasteiger partial charge in [0.05, 0.1) is 4.90 Å². The van der Waals surface area contributed by atoms with E-state index in [0.717, 1.165) is 28.6 Å². The Morgan fingerprint density at radius 1 is 0.950 bits per heavy atom. The van der Waals surface area contributed by atoms with Crippen LogP contribution < -0.4 is 0 Å². The second-order valence-corrected chi connectivity index (χ2v) is 9.18. The molecular weight excluding hydrogens is 310 g/mol. The molecule has 1 saturated heterocycles. The SMILES string of the molecule is Cc1ccc(S(=O)(=O)N2CCSCCCSCC2)cc1. The van der Waals surface area contributed by atoms with Gasteiger partial charge in [-0.15, -0.1) is 0 Å². The minimum atomic E-state index is -3.34. The van der Waals surface area contributed by atoms with E-state index in [-0.39, 0.29) is 0 Å². The maximum absolute atomic E-state index is 12.7. The third-order valence-corrected chi connectivity index (χ3v) is 7.22. The standard InChI is InChI=1S/C14H21NO2S3/c1-13-3-5-14(6-4-13)20(16,17)15-7-11-18-9-2-10-19-12-8-15/h3-6H,2,7-12H2,1H3. The van der Waals surface area contributed by atoms with Gasteiger partial charge < -0.3 is 0 Å². The molecular formula is C14H21NO2S3. The molecule has 1 heterocycles. The lowest BCUT2D eigenvalue weighted by molar-refractivity contribution is 0.450. The quantitative estimate of drug-likeness (QED) is 0.835. The van der Waals surface area contributed by atoms with Crippen molar-refractivity contribution in [3.63, 3.8) is 0 Å². The van der Waals surface area contributed by atoms with Crippen LogP contribution in [0.4, 0.5) is 0 Å². The van der Waals surface area contributed by atoms with Crippen LogP contribution in [-0.2, 0) is 10.0 Å². The second-order valence-electron chi connectivity index (χ2n) is 4.80. The highest BCUT2D eigenvalue weighted by Gasteiger charge is 2.23. The van der Waals surface area contributed by atoms with Crippen molar-refractivity contribution in [3.8, 4) is 0 Å². The Kier molecular flexibility index (Phi) is 6.26. The van der Waals surface area contributed by atoms with E-state index in [1.54, 1.807) is 16.4 Å². The summed E-state index contributed by atoms with van der Waals surface area (Å²) in [5, 5.41) is 0. The van der Waals surface area contributed by atoms with Gasteiger partial charge in [-0.3, -0.25) is 0 Å². The average Bonchev–Trinajstić information content (AvgIpc) is 2.45. The van der Waals surface area contributed by atoms with Crippen molar-refractivity contribution in [2.75, 3.05) is 36.1 Å². The Morgan fingerprint density at radius 2 is 1.50 bits per heavy atom. The van der Waals surface area contributed by atoms with E-state index in [9.17, 15) is 8.42 Å². The number of benzene rings is 1. The molecule has 0 saturated carbocycles. The summed E-state index contributed by atoms with van der Waals surface area (Å²) >= 11 is 3.70. The van der Waals surface area contributed by atoms with Crippen molar-refractivity contribution in [2.45, 2.75) is 18.2 Å². The number of aryl methyl sites for hydroxylation is 1. The number of nitrogens with zero attached hydrogens (tertiary/aromatic N) is 1. The monoisotopic (exact) mass is 331 g/mol. The molecule has 0 amide bonds. The fraction of sp³-hybridized carbons (Fsp3) is 0.571. The van der Waals surface area contributed by atoms with Crippen molar-refractivity contribution in [1.82, 2.24) is 4.31 Å². The molecule has 0 bridgehead atoms. The molecule has 3 nitrogen and oxygen atoms in total. The summed E-state index contributed by atoms with van der Waals surface area (Å²) < 4.78 is 27.0. The van der Waals surface area contributed by atoms with Gasteiger partial charge >= 0.3 is 0 Å². The number of thioether (sulfide) groups is 2. The molecule has 1 aromatic rings. The van der Waals surface area contributed by atoms with Crippen molar-refractivity contribution in [1.29, 1.82) is 0 Å². The molecule has 6 heteroatoms. The van der Waals surface area contributed by atoms with Gasteiger partial charge in [0.25, 0.3) is 0 Å². The largest absolute Gasteiger partial charge is 0.243 e. The van der Waals surface area contributed by atoms with E-state index < -0.39 is 10.0 Å². The van der Waals surface area contributed by atoms with Gasteiger partial charge in [-0.2, -0.15) is 27.8 Å². The highest BCUT2D eigenvalue weighted by molar-refractivity contribution is 8.00. The fourth-order valence-electron chi connectivity index (χ4n) is 2.01. The first-order chi connectivity index (χ1) is 9.60. The van der Waals surface area contributed by atoms with Crippen LogP contribution in [0.2, 0.25) is 0 Å². The van der Waals surface area contributed by atoms with Gasteiger partial charge in [0.1, 0.15) is 0 Å². The topological polar surface area (TPSA) is 37.4 Å². The molecule has 20 heavy (non-hydrogen) atoms. The first-order valence-electron chi connectivity index (χ1n) is 6.83. The molecule has 1 aliphatic rings. The van der Waals surface area contributed by atoms with Crippen LogP contribution in [0.3, 0.4) is 0 Å². The van der Waals surface area contributed by atoms with Crippen LogP contribution in [0, 0.1) is 6.92 Å². The number of hydrogen-bond acceptors (Lipinski definition) is 4. The lowest BCUT2D eigenvalue weighted by Crippen LogP contribution is -2.35. The van der Waals surface area contributed by atoms with Gasteiger partial charge in [0.15, 0.2) is 0 Å². The zero-order chi connectivity index (χ0) is 14.4. The van der Waals surface area contributed by atoms with Crippen LogP contribution in [0.5, 0.6) is 0 Å². The van der Waals surface area contributed by atoms with Crippen LogP contribution >= 0.6 is 23.5 Å². The van der Waals surface area contributed by atoms with Crippen LogP contribution in [0.25, 0.3) is 0 Å². The van der Waals surface area contributed by atoms with E-state index in [1.807, 2.05) is 42.6 Å². The minimum absolute atomic E-state index is 0.412. The summed E-state index contributed by atoms with van der Waals surface area (Å²) in [6.07, 6.45) is 1.22. The van der Waals surface area contributed by atoms with Crippen LogP contribution in [0.15, 0.2) is 29.2 Å². The predicted molar refractivity (Wildman–Crippen MR) is 89.2 cm³/mol. The number of hydrogen-bond donors (Lipinski definition) is 0. The molecule has 2 rings (SSSR count). The van der Waals surface area contributed by atoms with E-state index >= 15 is 0 Å². The Bertz CT molecular complexity index is 504. The van der Waals surface area contributed by atoms with Crippen LogP contribution in [-0.4, -0.2) is 48.8 Å². The molecule has 112 valence electrons. The van der Waals surface area contributed by atoms with Crippen molar-refractivity contribution in [3.05, 3.63) is 29.8 Å². The lowest BCUT2D eigenvalue weighted by atomic mass is 10.2. The summed E-state index contributed by atoms with van der Waals surface area (Å²) in [5.74, 6) is 4.03. The first-order valence-corrected chi connectivity index (χ1v) is 10.6. The van der Waals surface area contributed by atoms with E-state index in [1.165, 1.54) is 6.42 Å². The molecule has 0 atom stereocenters. The maximum atomic E-state index is 12.7. The third-order valence-electron chi connectivity index (χ3n) is 3.21. The summed E-state index contributed by atoms with van der Waals surface area (Å²) in [6, 6.07) is 7.14. The summed E-state index contributed by atoms with van der Waals surface area (Å²) in [5.41, 5.74) is 1.08. The predicted octanol–water partition coefficient (Wildman–Crippen LogP) is 2.86. The second kappa shape index (κ2) is 7.73. The zero-order valence-electron chi connectivity index (χ0n) is 11.7. The highest BCUT2D eigenvalue weighted by atomic mass is 32.2. The van der Waals surface area contributed by atoms with Crippen molar-refractivity contribution >= 4 is 33.5 Å². The highest BCUT2D eigenvalue weighted by Crippen LogP contribution is 2.19. The molecule has 0 aliphatic carbocycles. The molecule has 0 unspecified atom stereocenters. The van der Waals surface area contributed by atoms with Gasteiger partial charge in [-0.25, -0.2) is 8.42 Å². The average molecular weight is 332 g/mol. The third kappa shape index (κ3) is 4.41. The van der Waals surface area contributed by atoms with Gasteiger partial charge in [0, 0.05) is 24.6 Å². The molecule has 1 fully saturated rings. The smallest absolute Gasteiger partial charge is 0.207 e. The summed E-state index contributed by atoms with van der Waals surface area (Å²) in [6.45, 7) is 3.19. The Hall–Kier alpha value is -0.170. The van der Waals surface area contributed by atoms with Gasteiger partial charge in [-0.05, 0) is 37.0 Å². The summed E-state index contributed by atoms with van der Waals surface area (Å²) in [4.78, 5) is 0.412. The molecule has 0 spiro atoms. The van der Waals surface area contributed by atoms with E-state index in [2.05, 4.69) is 0 Å². The number of sulfonamides is 1.